The lowest BCUT2D eigenvalue weighted by atomic mass is 10.3. The van der Waals surface area contributed by atoms with Crippen molar-refractivity contribution in [1.82, 2.24) is 20.1 Å². The molecule has 0 spiro atoms. The number of aromatic nitrogens is 4. The van der Waals surface area contributed by atoms with Crippen LogP contribution in [0, 0.1) is 0 Å². The SMILES string of the molecule is Oc1ccc(NCc2nc(-c3cnccn3)no2)cc1. The van der Waals surface area contributed by atoms with Crippen LogP contribution in [0.2, 0.25) is 0 Å². The minimum atomic E-state index is 0.221. The first-order valence-electron chi connectivity index (χ1n) is 5.93. The first kappa shape index (κ1) is 12.1. The van der Waals surface area contributed by atoms with E-state index in [9.17, 15) is 5.11 Å². The molecule has 0 fully saturated rings. The first-order valence-corrected chi connectivity index (χ1v) is 5.93. The van der Waals surface area contributed by atoms with Crippen LogP contribution in [-0.4, -0.2) is 25.2 Å². The van der Waals surface area contributed by atoms with Crippen LogP contribution in [0.4, 0.5) is 5.69 Å². The lowest BCUT2D eigenvalue weighted by Gasteiger charge is -2.02. The van der Waals surface area contributed by atoms with E-state index < -0.39 is 0 Å². The average molecular weight is 269 g/mol. The summed E-state index contributed by atoms with van der Waals surface area (Å²) in [7, 11) is 0. The normalized spacial score (nSPS) is 10.4. The summed E-state index contributed by atoms with van der Waals surface area (Å²) in [6, 6.07) is 6.72. The van der Waals surface area contributed by atoms with E-state index in [-0.39, 0.29) is 5.75 Å². The summed E-state index contributed by atoms with van der Waals surface area (Å²) in [5.41, 5.74) is 1.41. The molecule has 7 nitrogen and oxygen atoms in total. The van der Waals surface area contributed by atoms with Gasteiger partial charge >= 0.3 is 0 Å². The molecule has 3 rings (SSSR count). The standard InChI is InChI=1S/C13H11N5O2/c19-10-3-1-9(2-4-10)16-8-12-17-13(18-20-12)11-7-14-5-6-15-11/h1-7,16,19H,8H2. The van der Waals surface area contributed by atoms with E-state index in [1.54, 1.807) is 42.9 Å². The highest BCUT2D eigenvalue weighted by atomic mass is 16.5. The molecule has 0 aliphatic carbocycles. The second-order valence-corrected chi connectivity index (χ2v) is 4.00. The second kappa shape index (κ2) is 5.35. The molecular formula is C13H11N5O2. The summed E-state index contributed by atoms with van der Waals surface area (Å²) < 4.78 is 5.12. The molecule has 0 radical (unpaired) electrons. The number of nitrogens with zero attached hydrogens (tertiary/aromatic N) is 4. The molecular weight excluding hydrogens is 258 g/mol. The molecule has 0 amide bonds. The molecule has 0 aliphatic rings. The van der Waals surface area contributed by atoms with Gasteiger partial charge in [0.15, 0.2) is 0 Å². The molecule has 2 heterocycles. The van der Waals surface area contributed by atoms with E-state index in [0.29, 0.717) is 24.0 Å². The van der Waals surface area contributed by atoms with Gasteiger partial charge in [-0.2, -0.15) is 4.98 Å². The molecule has 0 aliphatic heterocycles. The molecule has 2 N–H and O–H groups in total. The number of nitrogens with one attached hydrogen (secondary N) is 1. The molecule has 0 bridgehead atoms. The number of phenolic OH excluding ortho intramolecular Hbond substituents is 1. The predicted molar refractivity (Wildman–Crippen MR) is 70.8 cm³/mol. The Labute approximate surface area is 114 Å². The third-order valence-corrected chi connectivity index (χ3v) is 2.57. The monoisotopic (exact) mass is 269 g/mol. The van der Waals surface area contributed by atoms with Crippen molar-refractivity contribution in [3.8, 4) is 17.3 Å². The van der Waals surface area contributed by atoms with Crippen molar-refractivity contribution in [1.29, 1.82) is 0 Å². The van der Waals surface area contributed by atoms with Crippen molar-refractivity contribution in [2.24, 2.45) is 0 Å². The predicted octanol–water partition coefficient (Wildman–Crippen LogP) is 1.84. The Kier molecular flexibility index (Phi) is 3.24. The zero-order valence-corrected chi connectivity index (χ0v) is 10.4. The number of aromatic hydroxyl groups is 1. The van der Waals surface area contributed by atoms with Crippen LogP contribution >= 0.6 is 0 Å². The highest BCUT2D eigenvalue weighted by Gasteiger charge is 2.09. The first-order chi connectivity index (χ1) is 9.81. The fourth-order valence-corrected chi connectivity index (χ4v) is 1.60. The van der Waals surface area contributed by atoms with Crippen molar-refractivity contribution < 1.29 is 9.63 Å². The Morgan fingerprint density at radius 1 is 1.15 bits per heavy atom. The van der Waals surface area contributed by atoms with E-state index in [4.69, 9.17) is 4.52 Å². The van der Waals surface area contributed by atoms with Gasteiger partial charge in [0.05, 0.1) is 12.7 Å². The summed E-state index contributed by atoms with van der Waals surface area (Å²) in [4.78, 5) is 12.3. The fraction of sp³-hybridized carbons (Fsp3) is 0.0769. The molecule has 0 saturated heterocycles. The van der Waals surface area contributed by atoms with Crippen molar-refractivity contribution in [3.05, 3.63) is 48.7 Å². The summed E-state index contributed by atoms with van der Waals surface area (Å²) in [5, 5.41) is 16.1. The van der Waals surface area contributed by atoms with Gasteiger partial charge in [-0.25, -0.2) is 4.98 Å². The van der Waals surface area contributed by atoms with Crippen LogP contribution in [-0.2, 0) is 6.54 Å². The van der Waals surface area contributed by atoms with Gasteiger partial charge in [0.1, 0.15) is 11.4 Å². The Morgan fingerprint density at radius 2 is 2.00 bits per heavy atom. The van der Waals surface area contributed by atoms with Crippen LogP contribution in [0.3, 0.4) is 0 Å². The summed E-state index contributed by atoms with van der Waals surface area (Å²) >= 11 is 0. The van der Waals surface area contributed by atoms with Crippen LogP contribution in [0.5, 0.6) is 5.75 Å². The molecule has 2 aromatic heterocycles. The Hall–Kier alpha value is -2.96. The van der Waals surface area contributed by atoms with Gasteiger partial charge in [0.2, 0.25) is 11.7 Å². The van der Waals surface area contributed by atoms with Crippen LogP contribution < -0.4 is 5.32 Å². The number of anilines is 1. The number of rotatable bonds is 4. The molecule has 1 aromatic carbocycles. The van der Waals surface area contributed by atoms with E-state index >= 15 is 0 Å². The second-order valence-electron chi connectivity index (χ2n) is 4.00. The number of phenols is 1. The molecule has 3 aromatic rings. The molecule has 0 unspecified atom stereocenters. The largest absolute Gasteiger partial charge is 0.508 e. The van der Waals surface area contributed by atoms with Crippen molar-refractivity contribution >= 4 is 5.69 Å². The highest BCUT2D eigenvalue weighted by Crippen LogP contribution is 2.15. The Bertz CT molecular complexity index is 681. The summed E-state index contributed by atoms with van der Waals surface area (Å²) in [5.74, 6) is 1.07. The minimum Gasteiger partial charge on any atom is -0.508 e. The van der Waals surface area contributed by atoms with Gasteiger partial charge < -0.3 is 14.9 Å². The van der Waals surface area contributed by atoms with Crippen molar-refractivity contribution in [2.75, 3.05) is 5.32 Å². The average Bonchev–Trinajstić information content (AvgIpc) is 2.97. The van der Waals surface area contributed by atoms with Crippen molar-refractivity contribution in [3.63, 3.8) is 0 Å². The van der Waals surface area contributed by atoms with Gasteiger partial charge in [-0.15, -0.1) is 0 Å². The zero-order chi connectivity index (χ0) is 13.8. The minimum absolute atomic E-state index is 0.221. The lowest BCUT2D eigenvalue weighted by molar-refractivity contribution is 0.384. The van der Waals surface area contributed by atoms with E-state index in [2.05, 4.69) is 25.4 Å². The molecule has 7 heteroatoms. The topological polar surface area (TPSA) is 97.0 Å². The third-order valence-electron chi connectivity index (χ3n) is 2.57. The van der Waals surface area contributed by atoms with E-state index in [1.807, 2.05) is 0 Å². The smallest absolute Gasteiger partial charge is 0.246 e. The highest BCUT2D eigenvalue weighted by molar-refractivity contribution is 5.47. The number of hydrogen-bond acceptors (Lipinski definition) is 7. The van der Waals surface area contributed by atoms with Crippen LogP contribution in [0.25, 0.3) is 11.5 Å². The quantitative estimate of drug-likeness (QED) is 0.697. The van der Waals surface area contributed by atoms with Gasteiger partial charge in [0.25, 0.3) is 0 Å². The van der Waals surface area contributed by atoms with Crippen LogP contribution in [0.15, 0.2) is 47.4 Å². The molecule has 0 atom stereocenters. The van der Waals surface area contributed by atoms with Gasteiger partial charge in [0, 0.05) is 18.1 Å². The Balaban J connectivity index is 1.67. The number of hydrogen-bond donors (Lipinski definition) is 2. The van der Waals surface area contributed by atoms with Gasteiger partial charge in [-0.05, 0) is 24.3 Å². The maximum atomic E-state index is 9.19. The van der Waals surface area contributed by atoms with Crippen LogP contribution in [0.1, 0.15) is 5.89 Å². The lowest BCUT2D eigenvalue weighted by Crippen LogP contribution is -1.99. The zero-order valence-electron chi connectivity index (χ0n) is 10.4. The maximum Gasteiger partial charge on any atom is 0.246 e. The van der Waals surface area contributed by atoms with E-state index in [0.717, 1.165) is 5.69 Å². The molecule has 100 valence electrons. The summed E-state index contributed by atoms with van der Waals surface area (Å²) in [6.45, 7) is 0.387. The van der Waals surface area contributed by atoms with Gasteiger partial charge in [-0.3, -0.25) is 4.98 Å². The Morgan fingerprint density at radius 3 is 2.75 bits per heavy atom. The number of benzene rings is 1. The van der Waals surface area contributed by atoms with Gasteiger partial charge in [-0.1, -0.05) is 5.16 Å². The molecule has 20 heavy (non-hydrogen) atoms. The summed E-state index contributed by atoms with van der Waals surface area (Å²) in [6.07, 6.45) is 4.72. The van der Waals surface area contributed by atoms with E-state index in [1.165, 1.54) is 0 Å². The third kappa shape index (κ3) is 2.72. The van der Waals surface area contributed by atoms with Crippen molar-refractivity contribution in [2.45, 2.75) is 6.54 Å². The molecule has 0 saturated carbocycles. The fourth-order valence-electron chi connectivity index (χ4n) is 1.60. The maximum absolute atomic E-state index is 9.19.